The van der Waals surface area contributed by atoms with Gasteiger partial charge in [-0.1, -0.05) is 13.0 Å². The Hall–Kier alpha value is -1.73. The molecule has 0 bridgehead atoms. The van der Waals surface area contributed by atoms with Crippen molar-refractivity contribution in [2.75, 3.05) is 13.1 Å². The van der Waals surface area contributed by atoms with E-state index >= 15 is 0 Å². The van der Waals surface area contributed by atoms with E-state index < -0.39 is 10.0 Å². The molecule has 0 radical (unpaired) electrons. The molecule has 1 saturated carbocycles. The number of rotatable bonds is 4. The summed E-state index contributed by atoms with van der Waals surface area (Å²) in [6, 6.07) is 6.20. The topological polar surface area (TPSA) is 78.8 Å². The van der Waals surface area contributed by atoms with Gasteiger partial charge in [0.15, 0.2) is 0 Å². The first-order valence-corrected chi connectivity index (χ1v) is 10.4. The average molecular weight is 363 g/mol. The Morgan fingerprint density at radius 2 is 2.00 bits per heavy atom. The predicted molar refractivity (Wildman–Crippen MR) is 97.0 cm³/mol. The molecule has 136 valence electrons. The Balaban J connectivity index is 1.72. The van der Waals surface area contributed by atoms with E-state index in [1.807, 2.05) is 0 Å². The van der Waals surface area contributed by atoms with Gasteiger partial charge in [0.1, 0.15) is 0 Å². The van der Waals surface area contributed by atoms with Crippen molar-refractivity contribution in [2.24, 2.45) is 11.0 Å². The van der Waals surface area contributed by atoms with Crippen molar-refractivity contribution in [3.63, 3.8) is 0 Å². The lowest BCUT2D eigenvalue weighted by Crippen LogP contribution is -2.28. The van der Waals surface area contributed by atoms with Crippen molar-refractivity contribution in [3.8, 4) is 0 Å². The van der Waals surface area contributed by atoms with Crippen molar-refractivity contribution in [2.45, 2.75) is 50.3 Å². The Labute approximate surface area is 149 Å². The zero-order chi connectivity index (χ0) is 17.9. The van der Waals surface area contributed by atoms with Crippen LogP contribution in [0, 0.1) is 5.92 Å². The first kappa shape index (κ1) is 18.1. The molecule has 25 heavy (non-hydrogen) atoms. The highest BCUT2D eigenvalue weighted by Gasteiger charge is 2.27. The van der Waals surface area contributed by atoms with E-state index in [2.05, 4.69) is 17.5 Å². The van der Waals surface area contributed by atoms with Gasteiger partial charge in [-0.25, -0.2) is 13.8 Å². The van der Waals surface area contributed by atoms with Gasteiger partial charge in [0.05, 0.1) is 4.90 Å². The van der Waals surface area contributed by atoms with E-state index in [9.17, 15) is 13.2 Å². The molecule has 7 heteroatoms. The molecule has 1 atom stereocenters. The summed E-state index contributed by atoms with van der Waals surface area (Å²) < 4.78 is 26.7. The molecule has 0 spiro atoms. The zero-order valence-electron chi connectivity index (χ0n) is 14.6. The van der Waals surface area contributed by atoms with E-state index in [0.29, 0.717) is 24.6 Å². The lowest BCUT2D eigenvalue weighted by Gasteiger charge is -2.19. The van der Waals surface area contributed by atoms with E-state index in [0.717, 1.165) is 37.8 Å². The number of amides is 1. The zero-order valence-corrected chi connectivity index (χ0v) is 15.4. The highest BCUT2D eigenvalue weighted by atomic mass is 32.2. The van der Waals surface area contributed by atoms with Crippen LogP contribution in [0.25, 0.3) is 0 Å². The SMILES string of the molecule is C[C@H]1CCC/C(=N\NC(=O)c2cccc(S(=O)(=O)N3CCCC3)c2)C1. The molecule has 6 nitrogen and oxygen atoms in total. The van der Waals surface area contributed by atoms with E-state index in [1.54, 1.807) is 18.2 Å². The van der Waals surface area contributed by atoms with Crippen molar-refractivity contribution < 1.29 is 13.2 Å². The van der Waals surface area contributed by atoms with Gasteiger partial charge < -0.3 is 0 Å². The summed E-state index contributed by atoms with van der Waals surface area (Å²) in [5.41, 5.74) is 3.90. The Morgan fingerprint density at radius 3 is 2.72 bits per heavy atom. The van der Waals surface area contributed by atoms with Crippen molar-refractivity contribution in [1.29, 1.82) is 0 Å². The van der Waals surface area contributed by atoms with Crippen LogP contribution < -0.4 is 5.43 Å². The van der Waals surface area contributed by atoms with E-state index in [-0.39, 0.29) is 10.8 Å². The van der Waals surface area contributed by atoms with Gasteiger partial charge in [0, 0.05) is 24.4 Å². The second-order valence-corrected chi connectivity index (χ2v) is 8.90. The van der Waals surface area contributed by atoms with E-state index in [1.165, 1.54) is 16.8 Å². The third-order valence-corrected chi connectivity index (χ3v) is 6.76. The molecule has 1 saturated heterocycles. The number of benzene rings is 1. The van der Waals surface area contributed by atoms with Crippen LogP contribution in [0.5, 0.6) is 0 Å². The van der Waals surface area contributed by atoms with Crippen LogP contribution in [0.4, 0.5) is 0 Å². The van der Waals surface area contributed by atoms with Gasteiger partial charge in [0.25, 0.3) is 5.91 Å². The number of carbonyl (C=O) groups excluding carboxylic acids is 1. The number of hydrogen-bond acceptors (Lipinski definition) is 4. The normalized spacial score (nSPS) is 23.7. The lowest BCUT2D eigenvalue weighted by atomic mass is 9.89. The maximum absolute atomic E-state index is 12.6. The van der Waals surface area contributed by atoms with Crippen LogP contribution in [-0.4, -0.2) is 37.4 Å². The number of nitrogens with one attached hydrogen (secondary N) is 1. The molecule has 1 heterocycles. The summed E-state index contributed by atoms with van der Waals surface area (Å²) in [6.07, 6.45) is 5.88. The third kappa shape index (κ3) is 4.27. The Bertz CT molecular complexity index is 768. The monoisotopic (exact) mass is 363 g/mol. The number of hydrazone groups is 1. The summed E-state index contributed by atoms with van der Waals surface area (Å²) >= 11 is 0. The summed E-state index contributed by atoms with van der Waals surface area (Å²) in [5, 5.41) is 4.24. The minimum atomic E-state index is -3.52. The first-order valence-electron chi connectivity index (χ1n) is 8.93. The maximum atomic E-state index is 12.6. The number of sulfonamides is 1. The smallest absolute Gasteiger partial charge is 0.267 e. The molecule has 2 aliphatic rings. The summed E-state index contributed by atoms with van der Waals surface area (Å²) in [5.74, 6) is 0.225. The maximum Gasteiger partial charge on any atom is 0.271 e. The van der Waals surface area contributed by atoms with Gasteiger partial charge >= 0.3 is 0 Å². The summed E-state index contributed by atoms with van der Waals surface area (Å²) in [6.45, 7) is 3.28. The highest BCUT2D eigenvalue weighted by molar-refractivity contribution is 7.89. The largest absolute Gasteiger partial charge is 0.271 e. The van der Waals surface area contributed by atoms with Gasteiger partial charge in [0.2, 0.25) is 10.0 Å². The van der Waals surface area contributed by atoms with Gasteiger partial charge in [-0.15, -0.1) is 0 Å². The Kier molecular flexibility index (Phi) is 5.54. The molecule has 1 N–H and O–H groups in total. The molecule has 0 unspecified atom stereocenters. The average Bonchev–Trinajstić information content (AvgIpc) is 3.15. The molecular formula is C18H25N3O3S. The van der Waals surface area contributed by atoms with Crippen molar-refractivity contribution in [3.05, 3.63) is 29.8 Å². The molecular weight excluding hydrogens is 338 g/mol. The second-order valence-electron chi connectivity index (χ2n) is 6.96. The van der Waals surface area contributed by atoms with Gasteiger partial charge in [-0.3, -0.25) is 4.79 Å². The number of nitrogens with zero attached hydrogens (tertiary/aromatic N) is 2. The van der Waals surface area contributed by atoms with Gasteiger partial charge in [-0.05, 0) is 62.6 Å². The third-order valence-electron chi connectivity index (χ3n) is 4.86. The quantitative estimate of drug-likeness (QED) is 0.836. The molecule has 1 amide bonds. The molecule has 1 aromatic carbocycles. The fourth-order valence-electron chi connectivity index (χ4n) is 3.43. The molecule has 0 aromatic heterocycles. The predicted octanol–water partition coefficient (Wildman–Crippen LogP) is 2.77. The fourth-order valence-corrected chi connectivity index (χ4v) is 5.00. The van der Waals surface area contributed by atoms with Crippen LogP contribution in [0.1, 0.15) is 55.8 Å². The van der Waals surface area contributed by atoms with Crippen LogP contribution in [0.15, 0.2) is 34.3 Å². The number of hydrogen-bond donors (Lipinski definition) is 1. The Morgan fingerprint density at radius 1 is 1.24 bits per heavy atom. The lowest BCUT2D eigenvalue weighted by molar-refractivity contribution is 0.0954. The molecule has 3 rings (SSSR count). The van der Waals surface area contributed by atoms with Crippen molar-refractivity contribution >= 4 is 21.6 Å². The second kappa shape index (κ2) is 7.66. The molecule has 2 fully saturated rings. The molecule has 1 aromatic rings. The summed E-state index contributed by atoms with van der Waals surface area (Å²) in [4.78, 5) is 12.5. The fraction of sp³-hybridized carbons (Fsp3) is 0.556. The minimum absolute atomic E-state index is 0.168. The summed E-state index contributed by atoms with van der Waals surface area (Å²) in [7, 11) is -3.52. The van der Waals surface area contributed by atoms with Crippen LogP contribution in [0.3, 0.4) is 0 Å². The van der Waals surface area contributed by atoms with Gasteiger partial charge in [-0.2, -0.15) is 9.41 Å². The first-order chi connectivity index (χ1) is 12.0. The highest BCUT2D eigenvalue weighted by Crippen LogP contribution is 2.22. The van der Waals surface area contributed by atoms with Crippen LogP contribution in [0.2, 0.25) is 0 Å². The van der Waals surface area contributed by atoms with Crippen molar-refractivity contribution in [1.82, 2.24) is 9.73 Å². The van der Waals surface area contributed by atoms with E-state index in [4.69, 9.17) is 0 Å². The standard InChI is InChI=1S/C18H25N3O3S/c1-14-6-4-8-16(12-14)19-20-18(22)15-7-5-9-17(13-15)25(23,24)21-10-2-3-11-21/h5,7,9,13-14H,2-4,6,8,10-12H2,1H3,(H,20,22)/b19-16+/t14-/m0/s1. The van der Waals surface area contributed by atoms with Crippen LogP contribution in [-0.2, 0) is 10.0 Å². The van der Waals surface area contributed by atoms with Crippen LogP contribution >= 0.6 is 0 Å². The molecule has 1 aliphatic heterocycles. The number of carbonyl (C=O) groups is 1. The molecule has 1 aliphatic carbocycles. The minimum Gasteiger partial charge on any atom is -0.267 e.